The van der Waals surface area contributed by atoms with E-state index in [4.69, 9.17) is 9.16 Å². The van der Waals surface area contributed by atoms with Crippen molar-refractivity contribution in [3.63, 3.8) is 0 Å². The second-order valence-corrected chi connectivity index (χ2v) is 17.7. The monoisotopic (exact) mass is 530 g/mol. The van der Waals surface area contributed by atoms with Gasteiger partial charge in [0.15, 0.2) is 0 Å². The van der Waals surface area contributed by atoms with E-state index in [-0.39, 0.29) is 20.7 Å². The van der Waals surface area contributed by atoms with Crippen LogP contribution in [0, 0.1) is 5.41 Å². The average molecular weight is 532 g/mol. The highest BCUT2D eigenvalue weighted by molar-refractivity contribution is 9.10. The summed E-state index contributed by atoms with van der Waals surface area (Å²) in [5, 5.41) is 0.125. The minimum Gasteiger partial charge on any atom is -0.543 e. The second-order valence-electron chi connectivity index (χ2n) is 10.4. The maximum atomic E-state index is 6.84. The van der Waals surface area contributed by atoms with Gasteiger partial charge >= 0.3 is 0 Å². The minimum atomic E-state index is -2.00. The van der Waals surface area contributed by atoms with Crippen molar-refractivity contribution in [2.24, 2.45) is 5.41 Å². The Morgan fingerprint density at radius 3 is 2.21 bits per heavy atom. The van der Waals surface area contributed by atoms with E-state index in [0.717, 1.165) is 28.8 Å². The molecule has 0 heterocycles. The fourth-order valence-electron chi connectivity index (χ4n) is 3.73. The summed E-state index contributed by atoms with van der Waals surface area (Å²) < 4.78 is 13.4. The van der Waals surface area contributed by atoms with Crippen molar-refractivity contribution in [1.29, 1.82) is 0 Å². The molecule has 5 heteroatoms. The van der Waals surface area contributed by atoms with Crippen LogP contribution in [-0.2, 0) is 0 Å². The van der Waals surface area contributed by atoms with Crippen molar-refractivity contribution in [1.82, 2.24) is 0 Å². The molecule has 0 aliphatic heterocycles. The van der Waals surface area contributed by atoms with Gasteiger partial charge in [0, 0.05) is 15.8 Å². The molecule has 0 N–H and O–H groups in total. The van der Waals surface area contributed by atoms with Crippen molar-refractivity contribution in [3.8, 4) is 11.5 Å². The van der Waals surface area contributed by atoms with Gasteiger partial charge in [0.1, 0.15) is 11.5 Å². The smallest absolute Gasteiger partial charge is 0.250 e. The van der Waals surface area contributed by atoms with Gasteiger partial charge in [-0.1, -0.05) is 62.7 Å². The molecule has 0 amide bonds. The summed E-state index contributed by atoms with van der Waals surface area (Å²) in [7, 11) is -0.282. The topological polar surface area (TPSA) is 18.5 Å². The number of benzene rings is 1. The third-order valence-electron chi connectivity index (χ3n) is 7.16. The number of halogens is 2. The SMILES string of the molecule is C=C1CC[C@@](C)(Br)C(C)(C)[C@@H]1c1cc(OC)c(Br)cc1O[Si](C)(C)C(C)(C)C. The molecule has 1 aromatic rings. The molecule has 2 nitrogen and oxygen atoms in total. The lowest BCUT2D eigenvalue weighted by molar-refractivity contribution is 0.192. The molecule has 0 unspecified atom stereocenters. The molecule has 2 atom stereocenters. The van der Waals surface area contributed by atoms with E-state index >= 15 is 0 Å². The van der Waals surface area contributed by atoms with Crippen LogP contribution in [0.15, 0.2) is 28.8 Å². The number of hydrogen-bond donors (Lipinski definition) is 0. The van der Waals surface area contributed by atoms with Gasteiger partial charge in [0.05, 0.1) is 11.6 Å². The molecule has 0 spiro atoms. The van der Waals surface area contributed by atoms with Crippen molar-refractivity contribution in [2.45, 2.75) is 82.8 Å². The summed E-state index contributed by atoms with van der Waals surface area (Å²) >= 11 is 7.70. The van der Waals surface area contributed by atoms with Crippen molar-refractivity contribution < 1.29 is 9.16 Å². The summed E-state index contributed by atoms with van der Waals surface area (Å²) in [5.41, 5.74) is 2.43. The number of alkyl halides is 1. The third-order valence-corrected chi connectivity index (χ3v) is 13.5. The lowest BCUT2D eigenvalue weighted by atomic mass is 9.59. The third kappa shape index (κ3) is 4.27. The summed E-state index contributed by atoms with van der Waals surface area (Å²) in [4.78, 5) is 0. The molecule has 0 aromatic heterocycles. The number of methoxy groups -OCH3 is 1. The first-order chi connectivity index (χ1) is 12.5. The van der Waals surface area contributed by atoms with E-state index in [1.165, 1.54) is 11.1 Å². The Morgan fingerprint density at radius 2 is 1.71 bits per heavy atom. The summed E-state index contributed by atoms with van der Waals surface area (Å²) in [6.07, 6.45) is 2.09. The summed E-state index contributed by atoms with van der Waals surface area (Å²) in [6.45, 7) is 22.9. The van der Waals surface area contributed by atoms with Crippen LogP contribution in [-0.4, -0.2) is 19.8 Å². The van der Waals surface area contributed by atoms with Crippen LogP contribution in [0.2, 0.25) is 18.1 Å². The molecule has 28 heavy (non-hydrogen) atoms. The zero-order valence-electron chi connectivity index (χ0n) is 18.9. The molecule has 0 radical (unpaired) electrons. The molecule has 1 fully saturated rings. The first kappa shape index (κ1) is 24.0. The standard InChI is InChI=1S/C23H36Br2O2Si/c1-15-11-12-23(7,25)22(5,6)20(15)16-13-19(26-8)17(24)14-18(16)27-28(9,10)21(2,3)4/h13-14,20H,1,11-12H2,2-10H3/t20-,23+/m0/s1. The maximum absolute atomic E-state index is 6.84. The Hall–Kier alpha value is -0.263. The Balaban J connectivity index is 2.69. The van der Waals surface area contributed by atoms with Gasteiger partial charge in [0.25, 0.3) is 0 Å². The van der Waals surface area contributed by atoms with Gasteiger partial charge in [-0.2, -0.15) is 0 Å². The lowest BCUT2D eigenvalue weighted by Crippen LogP contribution is -2.46. The Labute approximate surface area is 189 Å². The van der Waals surface area contributed by atoms with Crippen molar-refractivity contribution in [3.05, 3.63) is 34.3 Å². The highest BCUT2D eigenvalue weighted by Crippen LogP contribution is 2.60. The van der Waals surface area contributed by atoms with E-state index in [0.29, 0.717) is 0 Å². The molecule has 1 aliphatic carbocycles. The van der Waals surface area contributed by atoms with Gasteiger partial charge in [-0.15, -0.1) is 0 Å². The molecule has 1 aliphatic rings. The zero-order chi connectivity index (χ0) is 21.7. The Bertz CT molecular complexity index is 761. The van der Waals surface area contributed by atoms with Gasteiger partial charge in [-0.3, -0.25) is 0 Å². The predicted octanol–water partition coefficient (Wildman–Crippen LogP) is 8.46. The summed E-state index contributed by atoms with van der Waals surface area (Å²) in [6, 6.07) is 4.25. The number of ether oxygens (including phenoxy) is 1. The van der Waals surface area contributed by atoms with E-state index in [2.05, 4.69) is 105 Å². The molecule has 1 saturated carbocycles. The van der Waals surface area contributed by atoms with Gasteiger partial charge in [-0.05, 0) is 71.4 Å². The molecule has 1 aromatic carbocycles. The lowest BCUT2D eigenvalue weighted by Gasteiger charge is -2.51. The van der Waals surface area contributed by atoms with E-state index in [1.54, 1.807) is 7.11 Å². The van der Waals surface area contributed by atoms with E-state index in [9.17, 15) is 0 Å². The van der Waals surface area contributed by atoms with Crippen LogP contribution in [0.3, 0.4) is 0 Å². The van der Waals surface area contributed by atoms with Crippen molar-refractivity contribution in [2.75, 3.05) is 7.11 Å². The fourth-order valence-corrected chi connectivity index (χ4v) is 5.68. The zero-order valence-corrected chi connectivity index (χ0v) is 23.1. The normalized spacial score (nSPS) is 25.5. The molecule has 2 rings (SSSR count). The predicted molar refractivity (Wildman–Crippen MR) is 131 cm³/mol. The largest absolute Gasteiger partial charge is 0.543 e. The van der Waals surface area contributed by atoms with E-state index in [1.807, 2.05) is 0 Å². The highest BCUT2D eigenvalue weighted by Gasteiger charge is 2.50. The van der Waals surface area contributed by atoms with Crippen LogP contribution in [0.5, 0.6) is 11.5 Å². The first-order valence-corrected chi connectivity index (χ1v) is 14.5. The first-order valence-electron chi connectivity index (χ1n) is 9.98. The van der Waals surface area contributed by atoms with Crippen LogP contribution in [0.25, 0.3) is 0 Å². The Morgan fingerprint density at radius 1 is 1.14 bits per heavy atom. The van der Waals surface area contributed by atoms with Crippen molar-refractivity contribution >= 4 is 40.2 Å². The maximum Gasteiger partial charge on any atom is 0.250 e. The minimum absolute atomic E-state index is 0.0211. The van der Waals surface area contributed by atoms with Gasteiger partial charge in [-0.25, -0.2) is 0 Å². The fraction of sp³-hybridized carbons (Fsp3) is 0.652. The molecule has 0 saturated heterocycles. The van der Waals surface area contributed by atoms with Crippen LogP contribution >= 0.6 is 31.9 Å². The van der Waals surface area contributed by atoms with Crippen LogP contribution < -0.4 is 9.16 Å². The second kappa shape index (κ2) is 7.77. The van der Waals surface area contributed by atoms with Crippen LogP contribution in [0.4, 0.5) is 0 Å². The number of rotatable bonds is 4. The van der Waals surface area contributed by atoms with E-state index < -0.39 is 8.32 Å². The number of allylic oxidation sites excluding steroid dienone is 1. The van der Waals surface area contributed by atoms with Crippen LogP contribution in [0.1, 0.15) is 65.9 Å². The molecule has 158 valence electrons. The molecular formula is C23H36Br2O2Si. The van der Waals surface area contributed by atoms with Gasteiger partial charge < -0.3 is 9.16 Å². The highest BCUT2D eigenvalue weighted by atomic mass is 79.9. The molecule has 0 bridgehead atoms. The van der Waals surface area contributed by atoms with Gasteiger partial charge in [0.2, 0.25) is 8.32 Å². The quantitative estimate of drug-likeness (QED) is 0.220. The Kier molecular flexibility index (Phi) is 6.66. The average Bonchev–Trinajstić information content (AvgIpc) is 2.52. The molecular weight excluding hydrogens is 496 g/mol. The summed E-state index contributed by atoms with van der Waals surface area (Å²) in [5.74, 6) is 1.99. The number of hydrogen-bond acceptors (Lipinski definition) is 2.